The van der Waals surface area contributed by atoms with Crippen molar-refractivity contribution in [3.63, 3.8) is 0 Å². The number of nitrogens with one attached hydrogen (secondary N) is 1. The topological polar surface area (TPSA) is 58.1 Å². The Morgan fingerprint density at radius 3 is 2.29 bits per heavy atom. The minimum Gasteiger partial charge on any atom is -0.355 e. The average Bonchev–Trinajstić information content (AvgIpc) is 2.84. The van der Waals surface area contributed by atoms with Crippen LogP contribution in [0.15, 0.2) is 54.6 Å². The summed E-state index contributed by atoms with van der Waals surface area (Å²) in [5, 5.41) is 11.7. The molecule has 1 aliphatic heterocycles. The summed E-state index contributed by atoms with van der Waals surface area (Å²) in [5.74, 6) is 0.360. The van der Waals surface area contributed by atoms with Crippen molar-refractivity contribution in [2.24, 2.45) is 5.92 Å². The summed E-state index contributed by atoms with van der Waals surface area (Å²) in [4.78, 5) is 14.6. The molecule has 1 fully saturated rings. The molecule has 0 aliphatic carbocycles. The Morgan fingerprint density at radius 1 is 0.971 bits per heavy atom. The van der Waals surface area contributed by atoms with Crippen molar-refractivity contribution in [1.82, 2.24) is 15.5 Å². The van der Waals surface area contributed by atoms with Crippen molar-refractivity contribution < 1.29 is 18.0 Å². The van der Waals surface area contributed by atoms with Crippen molar-refractivity contribution in [1.29, 1.82) is 0 Å². The molecule has 0 bridgehead atoms. The second-order valence-corrected chi connectivity index (χ2v) is 8.67. The minimum absolute atomic E-state index is 0.191. The molecule has 2 aromatic carbocycles. The lowest BCUT2D eigenvalue weighted by Crippen LogP contribution is -2.39. The molecule has 1 saturated heterocycles. The average molecular weight is 469 g/mol. The maximum atomic E-state index is 13.2. The summed E-state index contributed by atoms with van der Waals surface area (Å²) in [6.45, 7) is 5.95. The molecule has 1 amide bonds. The summed E-state index contributed by atoms with van der Waals surface area (Å²) in [6.07, 6.45) is -2.95. The zero-order chi connectivity index (χ0) is 24.3. The molecule has 1 aromatic heterocycles. The molecule has 0 unspecified atom stereocenters. The van der Waals surface area contributed by atoms with Crippen molar-refractivity contribution in [3.05, 3.63) is 76.9 Å². The van der Waals surface area contributed by atoms with E-state index < -0.39 is 17.6 Å². The van der Waals surface area contributed by atoms with Crippen LogP contribution in [0.3, 0.4) is 0 Å². The lowest BCUT2D eigenvalue weighted by molar-refractivity contribution is -0.137. The van der Waals surface area contributed by atoms with Crippen LogP contribution in [-0.4, -0.2) is 35.7 Å². The standard InChI is InChI=1S/C26H27F3N4O/c1-17-18(2)24(32-31-23(17)20-8-4-3-5-9-20)33-14-12-19(13-15-33)16-30-25(34)21-10-6-7-11-22(21)26(27,28)29/h3-11,19H,12-16H2,1-2H3,(H,30,34). The van der Waals surface area contributed by atoms with E-state index in [1.807, 2.05) is 30.3 Å². The fraction of sp³-hybridized carbons (Fsp3) is 0.346. The first-order chi connectivity index (χ1) is 16.3. The number of nitrogens with zero attached hydrogens (tertiary/aromatic N) is 3. The second-order valence-electron chi connectivity index (χ2n) is 8.67. The molecule has 2 heterocycles. The Kier molecular flexibility index (Phi) is 6.86. The summed E-state index contributed by atoms with van der Waals surface area (Å²) in [5.41, 5.74) is 2.83. The molecule has 0 spiro atoms. The highest BCUT2D eigenvalue weighted by molar-refractivity contribution is 5.95. The molecule has 0 radical (unpaired) electrons. The molecule has 8 heteroatoms. The summed E-state index contributed by atoms with van der Waals surface area (Å²) >= 11 is 0. The minimum atomic E-state index is -4.56. The van der Waals surface area contributed by atoms with E-state index in [1.54, 1.807) is 0 Å². The number of benzene rings is 2. The van der Waals surface area contributed by atoms with Gasteiger partial charge in [-0.15, -0.1) is 10.2 Å². The van der Waals surface area contributed by atoms with Crippen LogP contribution in [0.2, 0.25) is 0 Å². The van der Waals surface area contributed by atoms with E-state index in [0.717, 1.165) is 60.2 Å². The zero-order valence-electron chi connectivity index (χ0n) is 19.2. The predicted octanol–water partition coefficient (Wildman–Crippen LogP) is 5.43. The fourth-order valence-corrected chi connectivity index (χ4v) is 4.37. The number of rotatable bonds is 5. The van der Waals surface area contributed by atoms with Gasteiger partial charge in [-0.05, 0) is 55.9 Å². The van der Waals surface area contributed by atoms with E-state index in [9.17, 15) is 18.0 Å². The first-order valence-electron chi connectivity index (χ1n) is 11.3. The normalized spacial score (nSPS) is 14.8. The Bertz CT molecular complexity index is 1160. The second kappa shape index (κ2) is 9.83. The van der Waals surface area contributed by atoms with E-state index >= 15 is 0 Å². The third-order valence-electron chi connectivity index (χ3n) is 6.49. The van der Waals surface area contributed by atoms with Gasteiger partial charge in [-0.3, -0.25) is 4.79 Å². The van der Waals surface area contributed by atoms with Gasteiger partial charge in [-0.1, -0.05) is 42.5 Å². The molecular weight excluding hydrogens is 441 g/mol. The summed E-state index contributed by atoms with van der Waals surface area (Å²) in [7, 11) is 0. The van der Waals surface area contributed by atoms with Gasteiger partial charge in [0.1, 0.15) is 0 Å². The lowest BCUT2D eigenvalue weighted by atomic mass is 9.95. The SMILES string of the molecule is Cc1c(-c2ccccc2)nnc(N2CCC(CNC(=O)c3ccccc3C(F)(F)F)CC2)c1C. The predicted molar refractivity (Wildman–Crippen MR) is 126 cm³/mol. The number of halogens is 3. The largest absolute Gasteiger partial charge is 0.417 e. The Hall–Kier alpha value is -3.42. The molecule has 5 nitrogen and oxygen atoms in total. The zero-order valence-corrected chi connectivity index (χ0v) is 19.2. The van der Waals surface area contributed by atoms with Crippen LogP contribution >= 0.6 is 0 Å². The van der Waals surface area contributed by atoms with E-state index in [-0.39, 0.29) is 11.5 Å². The van der Waals surface area contributed by atoms with E-state index in [0.29, 0.717) is 6.54 Å². The highest BCUT2D eigenvalue weighted by atomic mass is 19.4. The monoisotopic (exact) mass is 468 g/mol. The van der Waals surface area contributed by atoms with Gasteiger partial charge in [0.15, 0.2) is 5.82 Å². The Balaban J connectivity index is 1.36. The van der Waals surface area contributed by atoms with Crippen molar-refractivity contribution in [2.45, 2.75) is 32.9 Å². The molecule has 1 N–H and O–H groups in total. The number of hydrogen-bond donors (Lipinski definition) is 1. The molecule has 0 atom stereocenters. The smallest absolute Gasteiger partial charge is 0.355 e. The third-order valence-corrected chi connectivity index (χ3v) is 6.49. The van der Waals surface area contributed by atoms with Crippen molar-refractivity contribution >= 4 is 11.7 Å². The number of carbonyl (C=O) groups is 1. The van der Waals surface area contributed by atoms with E-state index in [2.05, 4.69) is 34.3 Å². The lowest BCUT2D eigenvalue weighted by Gasteiger charge is -2.33. The van der Waals surface area contributed by atoms with Gasteiger partial charge in [0.25, 0.3) is 5.91 Å². The highest BCUT2D eigenvalue weighted by Gasteiger charge is 2.35. The number of alkyl halides is 3. The first-order valence-corrected chi connectivity index (χ1v) is 11.3. The number of aromatic nitrogens is 2. The van der Waals surface area contributed by atoms with Crippen molar-refractivity contribution in [3.8, 4) is 11.3 Å². The van der Waals surface area contributed by atoms with Crippen LogP contribution in [0.4, 0.5) is 19.0 Å². The van der Waals surface area contributed by atoms with Gasteiger partial charge in [0.05, 0.1) is 16.8 Å². The van der Waals surface area contributed by atoms with Gasteiger partial charge < -0.3 is 10.2 Å². The molecule has 3 aromatic rings. The number of hydrogen-bond acceptors (Lipinski definition) is 4. The van der Waals surface area contributed by atoms with Crippen LogP contribution in [0.25, 0.3) is 11.3 Å². The van der Waals surface area contributed by atoms with Gasteiger partial charge in [0, 0.05) is 25.2 Å². The summed E-state index contributed by atoms with van der Waals surface area (Å²) in [6, 6.07) is 14.8. The van der Waals surface area contributed by atoms with Gasteiger partial charge in [0.2, 0.25) is 0 Å². The van der Waals surface area contributed by atoms with E-state index in [4.69, 9.17) is 0 Å². The molecular formula is C26H27F3N4O. The molecule has 178 valence electrons. The number of carbonyl (C=O) groups excluding carboxylic acids is 1. The molecule has 0 saturated carbocycles. The van der Waals surface area contributed by atoms with E-state index in [1.165, 1.54) is 18.2 Å². The number of anilines is 1. The highest BCUT2D eigenvalue weighted by Crippen LogP contribution is 2.32. The Morgan fingerprint density at radius 2 is 1.62 bits per heavy atom. The van der Waals surface area contributed by atoms with Gasteiger partial charge in [-0.2, -0.15) is 13.2 Å². The van der Waals surface area contributed by atoms with Gasteiger partial charge >= 0.3 is 6.18 Å². The van der Waals surface area contributed by atoms with Crippen LogP contribution in [0.1, 0.15) is 39.9 Å². The Labute approximate surface area is 197 Å². The van der Waals surface area contributed by atoms with Gasteiger partial charge in [-0.25, -0.2) is 0 Å². The molecule has 34 heavy (non-hydrogen) atoms. The maximum Gasteiger partial charge on any atom is 0.417 e. The number of amides is 1. The van der Waals surface area contributed by atoms with Crippen LogP contribution in [0, 0.1) is 19.8 Å². The fourth-order valence-electron chi connectivity index (χ4n) is 4.37. The van der Waals surface area contributed by atoms with Crippen LogP contribution in [0.5, 0.6) is 0 Å². The third kappa shape index (κ3) is 5.05. The quantitative estimate of drug-likeness (QED) is 0.543. The first kappa shape index (κ1) is 23.7. The maximum absolute atomic E-state index is 13.2. The molecule has 4 rings (SSSR count). The van der Waals surface area contributed by atoms with Crippen LogP contribution < -0.4 is 10.2 Å². The summed E-state index contributed by atoms with van der Waals surface area (Å²) < 4.78 is 39.6. The molecule has 1 aliphatic rings. The van der Waals surface area contributed by atoms with Crippen molar-refractivity contribution in [2.75, 3.05) is 24.5 Å². The van der Waals surface area contributed by atoms with Crippen LogP contribution in [-0.2, 0) is 6.18 Å². The number of piperidine rings is 1.